The van der Waals surface area contributed by atoms with Crippen molar-refractivity contribution in [1.82, 2.24) is 15.5 Å². The van der Waals surface area contributed by atoms with Crippen LogP contribution in [0.15, 0.2) is 0 Å². The van der Waals surface area contributed by atoms with Crippen molar-refractivity contribution >= 4 is 11.8 Å². The van der Waals surface area contributed by atoms with E-state index in [4.69, 9.17) is 0 Å². The fraction of sp³-hybridized carbons (Fsp3) is 0.875. The zero-order valence-electron chi connectivity index (χ0n) is 14.2. The fourth-order valence-corrected chi connectivity index (χ4v) is 3.06. The minimum atomic E-state index is -0.368. The molecule has 1 fully saturated rings. The molecule has 1 rings (SSSR count). The topological polar surface area (TPSA) is 61.4 Å². The first-order valence-corrected chi connectivity index (χ1v) is 8.02. The number of hydrogen-bond donors (Lipinski definition) is 2. The van der Waals surface area contributed by atoms with E-state index in [9.17, 15) is 9.59 Å². The van der Waals surface area contributed by atoms with E-state index in [1.807, 2.05) is 6.92 Å². The Morgan fingerprint density at radius 2 is 2.05 bits per heavy atom. The Labute approximate surface area is 128 Å². The van der Waals surface area contributed by atoms with Crippen molar-refractivity contribution in [1.29, 1.82) is 0 Å². The number of hydrogen-bond acceptors (Lipinski definition) is 3. The van der Waals surface area contributed by atoms with E-state index in [1.165, 1.54) is 0 Å². The molecule has 122 valence electrons. The van der Waals surface area contributed by atoms with E-state index in [1.54, 1.807) is 4.90 Å². The van der Waals surface area contributed by atoms with Crippen LogP contribution in [0.3, 0.4) is 0 Å². The van der Waals surface area contributed by atoms with Crippen molar-refractivity contribution < 1.29 is 9.59 Å². The van der Waals surface area contributed by atoms with Crippen LogP contribution in [-0.2, 0) is 9.59 Å². The molecule has 21 heavy (non-hydrogen) atoms. The summed E-state index contributed by atoms with van der Waals surface area (Å²) >= 11 is 0. The molecule has 1 aliphatic heterocycles. The number of likely N-dealkylation sites (N-methyl/N-ethyl adjacent to an activating group) is 1. The first-order chi connectivity index (χ1) is 9.74. The van der Waals surface area contributed by atoms with Gasteiger partial charge in [0.2, 0.25) is 11.8 Å². The van der Waals surface area contributed by atoms with Crippen molar-refractivity contribution in [2.45, 2.75) is 53.5 Å². The average molecular weight is 297 g/mol. The molecule has 2 unspecified atom stereocenters. The molecule has 0 aromatic carbocycles. The predicted molar refractivity (Wildman–Crippen MR) is 84.9 cm³/mol. The van der Waals surface area contributed by atoms with Crippen LogP contribution in [0, 0.1) is 11.3 Å². The van der Waals surface area contributed by atoms with Crippen molar-refractivity contribution in [3.63, 3.8) is 0 Å². The number of amides is 2. The summed E-state index contributed by atoms with van der Waals surface area (Å²) in [6, 6.07) is -0.368. The smallest absolute Gasteiger partial charge is 0.244 e. The Kier molecular flexibility index (Phi) is 6.65. The maximum absolute atomic E-state index is 12.5. The average Bonchev–Trinajstić information content (AvgIpc) is 2.36. The molecule has 5 nitrogen and oxygen atoms in total. The lowest BCUT2D eigenvalue weighted by Gasteiger charge is -2.36. The van der Waals surface area contributed by atoms with E-state index in [2.05, 4.69) is 38.3 Å². The van der Waals surface area contributed by atoms with Gasteiger partial charge in [0, 0.05) is 32.6 Å². The molecule has 2 N–H and O–H groups in total. The molecular formula is C16H31N3O2. The number of piperazine rings is 1. The number of rotatable bonds is 5. The first kappa shape index (κ1) is 18.0. The van der Waals surface area contributed by atoms with E-state index in [-0.39, 0.29) is 23.3 Å². The van der Waals surface area contributed by atoms with Crippen LogP contribution < -0.4 is 10.6 Å². The Bertz CT molecular complexity index is 363. The van der Waals surface area contributed by atoms with Gasteiger partial charge in [0.1, 0.15) is 6.04 Å². The van der Waals surface area contributed by atoms with E-state index in [0.717, 1.165) is 13.0 Å². The first-order valence-electron chi connectivity index (χ1n) is 8.02. The highest BCUT2D eigenvalue weighted by Crippen LogP contribution is 2.26. The molecule has 0 aliphatic carbocycles. The van der Waals surface area contributed by atoms with Crippen LogP contribution in [0.4, 0.5) is 0 Å². The van der Waals surface area contributed by atoms with Gasteiger partial charge in [-0.1, -0.05) is 27.7 Å². The van der Waals surface area contributed by atoms with Crippen LogP contribution in [-0.4, -0.2) is 48.9 Å². The van der Waals surface area contributed by atoms with Gasteiger partial charge in [-0.25, -0.2) is 0 Å². The monoisotopic (exact) mass is 297 g/mol. The van der Waals surface area contributed by atoms with Crippen LogP contribution in [0.2, 0.25) is 0 Å². The standard InChI is InChI=1S/C16H31N3O2/c1-6-18-15(21)13-11-17-7-8-19(13)14(20)9-12(2)10-16(3,4)5/h12-13,17H,6-11H2,1-5H3,(H,18,21). The molecule has 1 saturated heterocycles. The summed E-state index contributed by atoms with van der Waals surface area (Å²) in [5.41, 5.74) is 0.224. The lowest BCUT2D eigenvalue weighted by Crippen LogP contribution is -2.59. The quantitative estimate of drug-likeness (QED) is 0.806. The number of carbonyl (C=O) groups is 2. The Morgan fingerprint density at radius 1 is 1.38 bits per heavy atom. The van der Waals surface area contributed by atoms with Crippen LogP contribution in [0.25, 0.3) is 0 Å². The van der Waals surface area contributed by atoms with Crippen LogP contribution in [0.5, 0.6) is 0 Å². The molecule has 0 radical (unpaired) electrons. The minimum absolute atomic E-state index is 0.0541. The molecule has 0 aromatic heterocycles. The minimum Gasteiger partial charge on any atom is -0.355 e. The van der Waals surface area contributed by atoms with E-state index in [0.29, 0.717) is 32.0 Å². The van der Waals surface area contributed by atoms with Crippen molar-refractivity contribution in [3.05, 3.63) is 0 Å². The van der Waals surface area contributed by atoms with Crippen molar-refractivity contribution in [2.75, 3.05) is 26.2 Å². The fourth-order valence-electron chi connectivity index (χ4n) is 3.06. The van der Waals surface area contributed by atoms with Crippen LogP contribution in [0.1, 0.15) is 47.5 Å². The van der Waals surface area contributed by atoms with E-state index >= 15 is 0 Å². The molecule has 0 bridgehead atoms. The van der Waals surface area contributed by atoms with Gasteiger partial charge in [0.25, 0.3) is 0 Å². The largest absolute Gasteiger partial charge is 0.355 e. The van der Waals surface area contributed by atoms with Gasteiger partial charge in [-0.05, 0) is 24.7 Å². The van der Waals surface area contributed by atoms with Gasteiger partial charge >= 0.3 is 0 Å². The molecule has 0 spiro atoms. The third kappa shape index (κ3) is 6.04. The second-order valence-corrected chi connectivity index (χ2v) is 7.28. The second-order valence-electron chi connectivity index (χ2n) is 7.28. The molecule has 5 heteroatoms. The molecule has 2 atom stereocenters. The maximum atomic E-state index is 12.5. The summed E-state index contributed by atoms with van der Waals surface area (Å²) in [6.45, 7) is 13.1. The SMILES string of the molecule is CCNC(=O)C1CNCCN1C(=O)CC(C)CC(C)(C)C. The summed E-state index contributed by atoms with van der Waals surface area (Å²) in [5.74, 6) is 0.383. The van der Waals surface area contributed by atoms with Gasteiger partial charge < -0.3 is 15.5 Å². The van der Waals surface area contributed by atoms with Gasteiger partial charge in [0.05, 0.1) is 0 Å². The van der Waals surface area contributed by atoms with Gasteiger partial charge in [-0.15, -0.1) is 0 Å². The maximum Gasteiger partial charge on any atom is 0.244 e. The number of carbonyl (C=O) groups excluding carboxylic acids is 2. The van der Waals surface area contributed by atoms with Crippen molar-refractivity contribution in [3.8, 4) is 0 Å². The van der Waals surface area contributed by atoms with Gasteiger partial charge in [-0.2, -0.15) is 0 Å². The predicted octanol–water partition coefficient (Wildman–Crippen LogP) is 1.39. The van der Waals surface area contributed by atoms with Crippen LogP contribution >= 0.6 is 0 Å². The molecule has 1 heterocycles. The highest BCUT2D eigenvalue weighted by molar-refractivity contribution is 5.88. The normalized spacial score (nSPS) is 21.0. The summed E-state index contributed by atoms with van der Waals surface area (Å²) in [5, 5.41) is 6.01. The highest BCUT2D eigenvalue weighted by atomic mass is 16.2. The van der Waals surface area contributed by atoms with E-state index < -0.39 is 0 Å². The highest BCUT2D eigenvalue weighted by Gasteiger charge is 2.32. The Hall–Kier alpha value is -1.10. The molecule has 0 aromatic rings. The lowest BCUT2D eigenvalue weighted by molar-refractivity contribution is -0.142. The third-order valence-electron chi connectivity index (χ3n) is 3.70. The van der Waals surface area contributed by atoms with Crippen molar-refractivity contribution in [2.24, 2.45) is 11.3 Å². The lowest BCUT2D eigenvalue weighted by atomic mass is 9.84. The Balaban J connectivity index is 2.62. The Morgan fingerprint density at radius 3 is 2.62 bits per heavy atom. The van der Waals surface area contributed by atoms with Gasteiger partial charge in [0.15, 0.2) is 0 Å². The zero-order valence-corrected chi connectivity index (χ0v) is 14.2. The summed E-state index contributed by atoms with van der Waals surface area (Å²) in [4.78, 5) is 26.4. The second kappa shape index (κ2) is 7.78. The number of nitrogens with one attached hydrogen (secondary N) is 2. The summed E-state index contributed by atoms with van der Waals surface area (Å²) in [7, 11) is 0. The molecule has 2 amide bonds. The third-order valence-corrected chi connectivity index (χ3v) is 3.70. The number of nitrogens with zero attached hydrogens (tertiary/aromatic N) is 1. The zero-order chi connectivity index (χ0) is 16.0. The summed E-state index contributed by atoms with van der Waals surface area (Å²) in [6.07, 6.45) is 1.53. The molecule has 0 saturated carbocycles. The van der Waals surface area contributed by atoms with Gasteiger partial charge in [-0.3, -0.25) is 9.59 Å². The molecular weight excluding hydrogens is 266 g/mol. The summed E-state index contributed by atoms with van der Waals surface area (Å²) < 4.78 is 0. The molecule has 1 aliphatic rings.